The van der Waals surface area contributed by atoms with Gasteiger partial charge in [0.1, 0.15) is 0 Å². The van der Waals surface area contributed by atoms with Crippen LogP contribution >= 0.6 is 0 Å². The van der Waals surface area contributed by atoms with Crippen molar-refractivity contribution in [2.45, 2.75) is 13.8 Å². The molecule has 5 heteroatoms. The van der Waals surface area contributed by atoms with E-state index in [2.05, 4.69) is 11.3 Å². The van der Waals surface area contributed by atoms with Crippen molar-refractivity contribution in [2.75, 3.05) is 6.61 Å². The molecule has 0 heterocycles. The summed E-state index contributed by atoms with van der Waals surface area (Å²) in [5.74, 6) is -1.07. The molecule has 0 aliphatic carbocycles. The van der Waals surface area contributed by atoms with Gasteiger partial charge in [-0.15, -0.1) is 12.3 Å². The zero-order valence-electron chi connectivity index (χ0n) is 8.14. The van der Waals surface area contributed by atoms with Gasteiger partial charge in [-0.1, -0.05) is 6.92 Å². The average molecular weight is 172 g/mol. The first-order chi connectivity index (χ1) is 4.59. The summed E-state index contributed by atoms with van der Waals surface area (Å²) >= 11 is 0. The third kappa shape index (κ3) is 7.14. The normalized spacial score (nSPS) is 10.2. The molecule has 0 fully saturated rings. The fourth-order valence-corrected chi connectivity index (χ4v) is 0.353. The predicted octanol–water partition coefficient (Wildman–Crippen LogP) is -6.50. The van der Waals surface area contributed by atoms with Gasteiger partial charge in [-0.3, -0.25) is 0 Å². The Bertz CT molecular complexity index is 168. The van der Waals surface area contributed by atoms with E-state index in [1.54, 1.807) is 6.92 Å². The van der Waals surface area contributed by atoms with Crippen molar-refractivity contribution in [3.8, 4) is 0 Å². The van der Waals surface area contributed by atoms with E-state index in [-0.39, 0.29) is 60.6 Å². The van der Waals surface area contributed by atoms with Crippen LogP contribution in [0, 0.1) is 0 Å². The standard InChI is InChI=1S/C7H12O3.Li.Na/c1-4-10-7(9)5(2)6(3)8;;/h8-9H,3-4H2,1-2H3;;/q;2*+1/p-2. The van der Waals surface area contributed by atoms with Crippen LogP contribution in [0.3, 0.4) is 0 Å². The summed E-state index contributed by atoms with van der Waals surface area (Å²) in [4.78, 5) is 0. The second kappa shape index (κ2) is 9.56. The number of rotatable bonds is 3. The number of allylic oxidation sites excluding steroid dienone is 1. The topological polar surface area (TPSA) is 55.3 Å². The van der Waals surface area contributed by atoms with E-state index in [1.165, 1.54) is 6.92 Å². The van der Waals surface area contributed by atoms with Gasteiger partial charge >= 0.3 is 48.4 Å². The third-order valence-corrected chi connectivity index (χ3v) is 1.000. The molecule has 12 heavy (non-hydrogen) atoms. The Labute approximate surface area is 107 Å². The fourth-order valence-electron chi connectivity index (χ4n) is 0.353. The summed E-state index contributed by atoms with van der Waals surface area (Å²) in [6.45, 7) is 6.42. The van der Waals surface area contributed by atoms with Crippen LogP contribution in [-0.2, 0) is 4.74 Å². The molecular weight excluding hydrogens is 162 g/mol. The molecule has 0 N–H and O–H groups in total. The van der Waals surface area contributed by atoms with E-state index in [4.69, 9.17) is 0 Å². The van der Waals surface area contributed by atoms with Gasteiger partial charge in [0.15, 0.2) is 0 Å². The van der Waals surface area contributed by atoms with Crippen LogP contribution in [0.2, 0.25) is 0 Å². The van der Waals surface area contributed by atoms with Gasteiger partial charge in [0.25, 0.3) is 0 Å². The number of hydrogen-bond donors (Lipinski definition) is 0. The quantitative estimate of drug-likeness (QED) is 0.241. The first-order valence-electron chi connectivity index (χ1n) is 2.96. The van der Waals surface area contributed by atoms with Gasteiger partial charge in [-0.05, 0) is 19.1 Å². The van der Waals surface area contributed by atoms with Crippen molar-refractivity contribution in [1.82, 2.24) is 0 Å². The molecule has 0 atom stereocenters. The van der Waals surface area contributed by atoms with Crippen LogP contribution in [-0.4, -0.2) is 6.61 Å². The molecule has 0 spiro atoms. The summed E-state index contributed by atoms with van der Waals surface area (Å²) in [5.41, 5.74) is 0.0434. The maximum absolute atomic E-state index is 10.7. The van der Waals surface area contributed by atoms with Crippen LogP contribution in [0.25, 0.3) is 0 Å². The summed E-state index contributed by atoms with van der Waals surface area (Å²) in [6, 6.07) is 0. The van der Waals surface area contributed by atoms with Crippen molar-refractivity contribution in [3.63, 3.8) is 0 Å². The molecule has 58 valence electrons. The van der Waals surface area contributed by atoms with Gasteiger partial charge in [-0.2, -0.15) is 0 Å². The van der Waals surface area contributed by atoms with Crippen molar-refractivity contribution in [1.29, 1.82) is 0 Å². The molecule has 0 unspecified atom stereocenters. The van der Waals surface area contributed by atoms with Crippen molar-refractivity contribution < 1.29 is 63.4 Å². The SMILES string of the molecule is C=C([O-])C(C)=C([O-])OCC.[Li+].[Na+]. The monoisotopic (exact) mass is 172 g/mol. The molecule has 0 saturated carbocycles. The van der Waals surface area contributed by atoms with E-state index in [0.29, 0.717) is 0 Å². The Morgan fingerprint density at radius 1 is 1.42 bits per heavy atom. The van der Waals surface area contributed by atoms with Gasteiger partial charge in [-0.25, -0.2) is 0 Å². The molecule has 0 amide bonds. The molecule has 0 radical (unpaired) electrons. The van der Waals surface area contributed by atoms with Gasteiger partial charge in [0.2, 0.25) is 0 Å². The molecule has 3 nitrogen and oxygen atoms in total. The van der Waals surface area contributed by atoms with Crippen molar-refractivity contribution in [2.24, 2.45) is 0 Å². The number of hydrogen-bond acceptors (Lipinski definition) is 3. The number of ether oxygens (including phenoxy) is 1. The molecule has 0 saturated heterocycles. The van der Waals surface area contributed by atoms with Crippen molar-refractivity contribution in [3.05, 3.63) is 23.9 Å². The zero-order valence-corrected chi connectivity index (χ0v) is 10.1. The zero-order chi connectivity index (χ0) is 8.15. The summed E-state index contributed by atoms with van der Waals surface area (Å²) in [7, 11) is 0. The first kappa shape index (κ1) is 18.3. The fraction of sp³-hybridized carbons (Fsp3) is 0.429. The summed E-state index contributed by atoms with van der Waals surface area (Å²) in [6.07, 6.45) is 0. The predicted molar refractivity (Wildman–Crippen MR) is 33.5 cm³/mol. The van der Waals surface area contributed by atoms with Crippen LogP contribution in [0.1, 0.15) is 13.8 Å². The minimum atomic E-state index is -0.581. The Hall–Kier alpha value is 0.477. The summed E-state index contributed by atoms with van der Waals surface area (Å²) < 4.78 is 4.53. The molecule has 0 bridgehead atoms. The Balaban J connectivity index is -0.000000405. The second-order valence-electron chi connectivity index (χ2n) is 1.77. The van der Waals surface area contributed by atoms with Crippen LogP contribution in [0.15, 0.2) is 23.9 Å². The maximum atomic E-state index is 10.7. The second-order valence-corrected chi connectivity index (χ2v) is 1.77. The summed E-state index contributed by atoms with van der Waals surface area (Å²) in [5, 5.41) is 21.1. The third-order valence-electron chi connectivity index (χ3n) is 1.000. The van der Waals surface area contributed by atoms with Crippen LogP contribution in [0.4, 0.5) is 0 Å². The molecule has 0 aliphatic heterocycles. The molecule has 0 aliphatic rings. The van der Waals surface area contributed by atoms with Gasteiger partial charge in [0, 0.05) is 0 Å². The smallest absolute Gasteiger partial charge is 0.873 e. The van der Waals surface area contributed by atoms with E-state index in [0.717, 1.165) is 0 Å². The van der Waals surface area contributed by atoms with Gasteiger partial charge in [0.05, 0.1) is 5.95 Å². The van der Waals surface area contributed by atoms with E-state index < -0.39 is 11.7 Å². The van der Waals surface area contributed by atoms with Crippen molar-refractivity contribution >= 4 is 0 Å². The van der Waals surface area contributed by atoms with E-state index in [1.807, 2.05) is 0 Å². The first-order valence-corrected chi connectivity index (χ1v) is 2.96. The Kier molecular flexibility index (Phi) is 14.6. The maximum Gasteiger partial charge on any atom is 1.00 e. The largest absolute Gasteiger partial charge is 1.00 e. The average Bonchev–Trinajstić information content (AvgIpc) is 1.87. The Morgan fingerprint density at radius 3 is 2.08 bits per heavy atom. The van der Waals surface area contributed by atoms with Gasteiger partial charge < -0.3 is 14.9 Å². The van der Waals surface area contributed by atoms with Crippen LogP contribution < -0.4 is 58.6 Å². The molecule has 0 rings (SSSR count). The van der Waals surface area contributed by atoms with E-state index in [9.17, 15) is 10.2 Å². The Morgan fingerprint density at radius 2 is 1.83 bits per heavy atom. The molecule has 0 aromatic rings. The minimum Gasteiger partial charge on any atom is -0.873 e. The molecule has 0 aromatic heterocycles. The molecular formula is C7H10LiNaO3. The minimum absolute atomic E-state index is 0. The molecule has 0 aromatic carbocycles. The van der Waals surface area contributed by atoms with Crippen LogP contribution in [0.5, 0.6) is 0 Å². The van der Waals surface area contributed by atoms with E-state index >= 15 is 0 Å².